The summed E-state index contributed by atoms with van der Waals surface area (Å²) in [5.74, 6) is -0.0605. The number of nitrogens with zero attached hydrogens (tertiary/aromatic N) is 4. The lowest BCUT2D eigenvalue weighted by Gasteiger charge is -2.34. The molecule has 1 fully saturated rings. The van der Waals surface area contributed by atoms with E-state index in [9.17, 15) is 9.59 Å². The van der Waals surface area contributed by atoms with Gasteiger partial charge in [-0.25, -0.2) is 10.0 Å². The van der Waals surface area contributed by atoms with Crippen LogP contribution in [-0.4, -0.2) is 51.0 Å². The van der Waals surface area contributed by atoms with Crippen LogP contribution in [0.3, 0.4) is 0 Å². The van der Waals surface area contributed by atoms with Gasteiger partial charge in [0.05, 0.1) is 38.3 Å². The highest BCUT2D eigenvalue weighted by Crippen LogP contribution is 2.29. The first-order chi connectivity index (χ1) is 13.6. The number of para-hydroxylation sites is 1. The quantitative estimate of drug-likeness (QED) is 0.681. The van der Waals surface area contributed by atoms with Gasteiger partial charge < -0.3 is 13.9 Å². The zero-order valence-electron chi connectivity index (χ0n) is 15.5. The van der Waals surface area contributed by atoms with Crippen molar-refractivity contribution in [1.82, 2.24) is 19.5 Å². The Balaban J connectivity index is 1.47. The number of benzene rings is 1. The Morgan fingerprint density at radius 3 is 2.89 bits per heavy atom. The molecule has 0 bridgehead atoms. The number of fused-ring (bicyclic) bond motifs is 2. The first kappa shape index (κ1) is 17.0. The van der Waals surface area contributed by atoms with E-state index in [4.69, 9.17) is 9.25 Å². The summed E-state index contributed by atoms with van der Waals surface area (Å²) in [6.07, 6.45) is 4.15. The van der Waals surface area contributed by atoms with Gasteiger partial charge >= 0.3 is 0 Å². The molecule has 1 unspecified atom stereocenters. The molecule has 3 aromatic rings. The molecule has 1 aromatic carbocycles. The first-order valence-electron chi connectivity index (χ1n) is 9.36. The number of amides is 2. The van der Waals surface area contributed by atoms with E-state index >= 15 is 0 Å². The number of hydrogen-bond donors (Lipinski definition) is 0. The van der Waals surface area contributed by atoms with Crippen molar-refractivity contribution in [2.45, 2.75) is 25.9 Å². The van der Waals surface area contributed by atoms with Gasteiger partial charge in [0, 0.05) is 17.1 Å². The fraction of sp³-hybridized carbons (Fsp3) is 0.350. The largest absolute Gasteiger partial charge is 0.451 e. The molecular formula is C20H20N4O4. The van der Waals surface area contributed by atoms with Crippen LogP contribution in [0.1, 0.15) is 34.3 Å². The topological polar surface area (TPSA) is 80.8 Å². The molecule has 1 saturated heterocycles. The third-order valence-electron chi connectivity index (χ3n) is 5.44. The fourth-order valence-corrected chi connectivity index (χ4v) is 3.95. The van der Waals surface area contributed by atoms with Crippen LogP contribution in [0, 0.1) is 6.92 Å². The van der Waals surface area contributed by atoms with E-state index < -0.39 is 6.04 Å². The molecule has 0 N–H and O–H groups in total. The SMILES string of the molecule is Cc1c(C(=O)N2Cc3cncn3C(C(=O)N3CCCO3)C2)oc2ccccc12. The molecule has 2 aromatic heterocycles. The number of carbonyl (C=O) groups is 2. The van der Waals surface area contributed by atoms with Gasteiger partial charge in [-0.2, -0.15) is 0 Å². The second kappa shape index (κ2) is 6.49. The number of carbonyl (C=O) groups excluding carboxylic acids is 2. The summed E-state index contributed by atoms with van der Waals surface area (Å²) < 4.78 is 7.68. The molecule has 2 aliphatic rings. The number of hydrogen-bond acceptors (Lipinski definition) is 5. The normalized spacial score (nSPS) is 19.2. The maximum atomic E-state index is 13.3. The Morgan fingerprint density at radius 1 is 1.25 bits per heavy atom. The second-order valence-electron chi connectivity index (χ2n) is 7.17. The van der Waals surface area contributed by atoms with E-state index in [0.717, 1.165) is 23.1 Å². The van der Waals surface area contributed by atoms with Crippen LogP contribution in [0.2, 0.25) is 0 Å². The molecule has 28 heavy (non-hydrogen) atoms. The van der Waals surface area contributed by atoms with E-state index in [-0.39, 0.29) is 18.4 Å². The lowest BCUT2D eigenvalue weighted by molar-refractivity contribution is -0.173. The lowest BCUT2D eigenvalue weighted by atomic mass is 10.1. The maximum Gasteiger partial charge on any atom is 0.290 e. The average Bonchev–Trinajstić information content (AvgIpc) is 3.46. The summed E-state index contributed by atoms with van der Waals surface area (Å²) in [5, 5.41) is 2.32. The molecule has 2 aliphatic heterocycles. The standard InChI is InChI=1S/C20H20N4O4/c1-13-15-5-2-3-6-17(15)28-18(13)20(26)22-10-14-9-21-12-23(14)16(11-22)19(25)24-7-4-8-27-24/h2-3,5-6,9,12,16H,4,7-8,10-11H2,1H3. The molecule has 4 heterocycles. The van der Waals surface area contributed by atoms with Crippen LogP contribution in [0.5, 0.6) is 0 Å². The van der Waals surface area contributed by atoms with Crippen molar-refractivity contribution in [2.24, 2.45) is 0 Å². The molecule has 5 rings (SSSR count). The van der Waals surface area contributed by atoms with Crippen molar-refractivity contribution in [2.75, 3.05) is 19.7 Å². The van der Waals surface area contributed by atoms with Gasteiger partial charge in [-0.3, -0.25) is 14.4 Å². The van der Waals surface area contributed by atoms with Crippen LogP contribution in [-0.2, 0) is 16.2 Å². The summed E-state index contributed by atoms with van der Waals surface area (Å²) in [7, 11) is 0. The van der Waals surface area contributed by atoms with Crippen LogP contribution in [0.15, 0.2) is 41.2 Å². The zero-order chi connectivity index (χ0) is 19.3. The van der Waals surface area contributed by atoms with Gasteiger partial charge in [-0.05, 0) is 19.4 Å². The molecule has 0 saturated carbocycles. The van der Waals surface area contributed by atoms with Crippen molar-refractivity contribution < 1.29 is 18.8 Å². The van der Waals surface area contributed by atoms with E-state index in [1.54, 1.807) is 17.4 Å². The van der Waals surface area contributed by atoms with Gasteiger partial charge in [-0.1, -0.05) is 18.2 Å². The molecule has 2 amide bonds. The summed E-state index contributed by atoms with van der Waals surface area (Å²) in [6.45, 7) is 3.61. The molecule has 0 aliphatic carbocycles. The molecule has 8 nitrogen and oxygen atoms in total. The Kier molecular flexibility index (Phi) is 3.94. The van der Waals surface area contributed by atoms with Crippen molar-refractivity contribution in [1.29, 1.82) is 0 Å². The predicted molar refractivity (Wildman–Crippen MR) is 99.2 cm³/mol. The Bertz CT molecular complexity index is 1060. The second-order valence-corrected chi connectivity index (χ2v) is 7.17. The minimum atomic E-state index is -0.557. The minimum absolute atomic E-state index is 0.157. The van der Waals surface area contributed by atoms with E-state index in [0.29, 0.717) is 31.0 Å². The zero-order valence-corrected chi connectivity index (χ0v) is 15.5. The summed E-state index contributed by atoms with van der Waals surface area (Å²) in [5.41, 5.74) is 2.31. The van der Waals surface area contributed by atoms with Crippen LogP contribution in [0.4, 0.5) is 0 Å². The molecule has 144 valence electrons. The fourth-order valence-electron chi connectivity index (χ4n) is 3.95. The predicted octanol–water partition coefficient (Wildman–Crippen LogP) is 2.30. The van der Waals surface area contributed by atoms with Crippen LogP contribution >= 0.6 is 0 Å². The summed E-state index contributed by atoms with van der Waals surface area (Å²) in [4.78, 5) is 37.5. The Hall–Kier alpha value is -3.13. The number of furan rings is 1. The Morgan fingerprint density at radius 2 is 2.11 bits per heavy atom. The first-order valence-corrected chi connectivity index (χ1v) is 9.36. The van der Waals surface area contributed by atoms with Gasteiger partial charge in [-0.15, -0.1) is 0 Å². The summed E-state index contributed by atoms with van der Waals surface area (Å²) >= 11 is 0. The number of aromatic nitrogens is 2. The maximum absolute atomic E-state index is 13.3. The lowest BCUT2D eigenvalue weighted by Crippen LogP contribution is -2.47. The van der Waals surface area contributed by atoms with Crippen molar-refractivity contribution >= 4 is 22.8 Å². The average molecular weight is 380 g/mol. The van der Waals surface area contributed by atoms with Crippen molar-refractivity contribution in [3.63, 3.8) is 0 Å². The molecular weight excluding hydrogens is 360 g/mol. The number of hydroxylamine groups is 2. The number of imidazole rings is 1. The van der Waals surface area contributed by atoms with Crippen LogP contribution in [0.25, 0.3) is 11.0 Å². The number of aryl methyl sites for hydroxylation is 1. The number of rotatable bonds is 2. The molecule has 8 heteroatoms. The minimum Gasteiger partial charge on any atom is -0.451 e. The van der Waals surface area contributed by atoms with Crippen molar-refractivity contribution in [3.05, 3.63) is 53.8 Å². The van der Waals surface area contributed by atoms with Gasteiger partial charge in [0.15, 0.2) is 5.76 Å². The molecule has 0 spiro atoms. The van der Waals surface area contributed by atoms with Gasteiger partial charge in [0.2, 0.25) is 0 Å². The van der Waals surface area contributed by atoms with Crippen LogP contribution < -0.4 is 0 Å². The van der Waals surface area contributed by atoms with Gasteiger partial charge in [0.25, 0.3) is 11.8 Å². The molecule has 1 atom stereocenters. The van der Waals surface area contributed by atoms with E-state index in [1.165, 1.54) is 5.06 Å². The third-order valence-corrected chi connectivity index (χ3v) is 5.44. The van der Waals surface area contributed by atoms with E-state index in [2.05, 4.69) is 4.98 Å². The highest BCUT2D eigenvalue weighted by atomic mass is 16.7. The van der Waals surface area contributed by atoms with Crippen molar-refractivity contribution in [3.8, 4) is 0 Å². The van der Waals surface area contributed by atoms with E-state index in [1.807, 2.05) is 35.8 Å². The monoisotopic (exact) mass is 380 g/mol. The third kappa shape index (κ3) is 2.60. The Labute approximate surface area is 161 Å². The summed E-state index contributed by atoms with van der Waals surface area (Å²) in [6, 6.07) is 7.03. The smallest absolute Gasteiger partial charge is 0.290 e. The highest BCUT2D eigenvalue weighted by Gasteiger charge is 2.37. The molecule has 0 radical (unpaired) electrons. The van der Waals surface area contributed by atoms with Gasteiger partial charge in [0.1, 0.15) is 11.6 Å². The highest BCUT2D eigenvalue weighted by molar-refractivity contribution is 5.99.